The van der Waals surface area contributed by atoms with Gasteiger partial charge in [0.05, 0.1) is 7.11 Å². The molecule has 0 spiro atoms. The van der Waals surface area contributed by atoms with E-state index in [1.54, 1.807) is 0 Å². The van der Waals surface area contributed by atoms with Crippen molar-refractivity contribution < 1.29 is 23.9 Å². The second-order valence-electron chi connectivity index (χ2n) is 7.16. The predicted octanol–water partition coefficient (Wildman–Crippen LogP) is 2.25. The third-order valence-electron chi connectivity index (χ3n) is 5.06. The molecule has 3 rings (SSSR count). The molecule has 7 nitrogen and oxygen atoms in total. The van der Waals surface area contributed by atoms with Gasteiger partial charge in [-0.1, -0.05) is 43.2 Å². The molecule has 0 aromatic heterocycles. The summed E-state index contributed by atoms with van der Waals surface area (Å²) in [6.07, 6.45) is 3.51. The molecule has 1 aromatic rings. The summed E-state index contributed by atoms with van der Waals surface area (Å²) in [5, 5.41) is 2.78. The number of benzene rings is 1. The van der Waals surface area contributed by atoms with Crippen LogP contribution in [0.25, 0.3) is 0 Å². The van der Waals surface area contributed by atoms with Crippen molar-refractivity contribution in [2.75, 3.05) is 13.7 Å². The molecule has 1 saturated carbocycles. The van der Waals surface area contributed by atoms with Gasteiger partial charge in [-0.05, 0) is 30.7 Å². The summed E-state index contributed by atoms with van der Waals surface area (Å²) in [5.41, 5.74) is 0.890. The summed E-state index contributed by atoms with van der Waals surface area (Å²) in [6, 6.07) is 8.13. The minimum Gasteiger partial charge on any atom is -0.467 e. The number of carbonyl (C=O) groups excluding carboxylic acids is 3. The first-order valence-electron chi connectivity index (χ1n) is 9.44. The number of nitrogens with zero attached hydrogens (tertiary/aromatic N) is 1. The minimum absolute atomic E-state index is 0.164. The molecule has 2 amide bonds. The van der Waals surface area contributed by atoms with Crippen LogP contribution in [0.4, 0.5) is 4.79 Å². The quantitative estimate of drug-likeness (QED) is 0.740. The first kappa shape index (κ1) is 19.2. The fourth-order valence-electron chi connectivity index (χ4n) is 3.37. The fourth-order valence-corrected chi connectivity index (χ4v) is 3.37. The Morgan fingerprint density at radius 2 is 1.93 bits per heavy atom. The molecule has 0 radical (unpaired) electrons. The predicted molar refractivity (Wildman–Crippen MR) is 97.6 cm³/mol. The zero-order valence-corrected chi connectivity index (χ0v) is 15.6. The van der Waals surface area contributed by atoms with E-state index in [9.17, 15) is 14.4 Å². The third-order valence-corrected chi connectivity index (χ3v) is 5.06. The van der Waals surface area contributed by atoms with E-state index in [-0.39, 0.29) is 12.5 Å². The van der Waals surface area contributed by atoms with Crippen LogP contribution in [0, 0.1) is 5.92 Å². The second-order valence-corrected chi connectivity index (χ2v) is 7.16. The van der Waals surface area contributed by atoms with Gasteiger partial charge in [0.2, 0.25) is 5.91 Å². The van der Waals surface area contributed by atoms with E-state index in [4.69, 9.17) is 9.47 Å². The highest BCUT2D eigenvalue weighted by molar-refractivity contribution is 5.90. The largest absolute Gasteiger partial charge is 0.467 e. The molecular weight excluding hydrogens is 348 g/mol. The van der Waals surface area contributed by atoms with E-state index < -0.39 is 24.1 Å². The van der Waals surface area contributed by atoms with E-state index in [0.29, 0.717) is 25.3 Å². The van der Waals surface area contributed by atoms with Gasteiger partial charge in [0.1, 0.15) is 18.7 Å². The fraction of sp³-hybridized carbons (Fsp3) is 0.550. The molecule has 2 aliphatic rings. The van der Waals surface area contributed by atoms with Crippen LogP contribution in [0.5, 0.6) is 0 Å². The Balaban J connectivity index is 1.56. The lowest BCUT2D eigenvalue weighted by Gasteiger charge is -2.25. The first-order chi connectivity index (χ1) is 13.1. The van der Waals surface area contributed by atoms with Crippen molar-refractivity contribution in [3.63, 3.8) is 0 Å². The third kappa shape index (κ3) is 5.21. The molecule has 2 atom stereocenters. The van der Waals surface area contributed by atoms with Gasteiger partial charge in [-0.15, -0.1) is 0 Å². The van der Waals surface area contributed by atoms with Gasteiger partial charge in [-0.2, -0.15) is 0 Å². The number of nitrogens with one attached hydrogen (secondary N) is 1. The number of methoxy groups -OCH3 is 1. The molecule has 1 heterocycles. The van der Waals surface area contributed by atoms with Crippen molar-refractivity contribution in [2.45, 2.75) is 50.8 Å². The van der Waals surface area contributed by atoms with E-state index in [0.717, 1.165) is 24.8 Å². The zero-order valence-electron chi connectivity index (χ0n) is 15.6. The average molecular weight is 374 g/mol. The van der Waals surface area contributed by atoms with Crippen LogP contribution in [-0.4, -0.2) is 48.6 Å². The molecule has 0 unspecified atom stereocenters. The van der Waals surface area contributed by atoms with Crippen LogP contribution < -0.4 is 5.32 Å². The zero-order chi connectivity index (χ0) is 19.2. The Bertz CT molecular complexity index is 674. The maximum Gasteiger partial charge on any atom is 0.410 e. The Kier molecular flexibility index (Phi) is 6.32. The number of hydrogen-bond donors (Lipinski definition) is 1. The molecule has 1 aliphatic carbocycles. The molecule has 7 heteroatoms. The molecule has 146 valence electrons. The summed E-state index contributed by atoms with van der Waals surface area (Å²) in [6.45, 7) is 0.633. The summed E-state index contributed by atoms with van der Waals surface area (Å²) in [5.74, 6) is -0.295. The van der Waals surface area contributed by atoms with Crippen LogP contribution in [0.1, 0.15) is 37.7 Å². The number of likely N-dealkylation sites (tertiary alicyclic amines) is 1. The highest BCUT2D eigenvalue weighted by Crippen LogP contribution is 2.33. The van der Waals surface area contributed by atoms with Gasteiger partial charge < -0.3 is 14.8 Å². The van der Waals surface area contributed by atoms with Crippen LogP contribution in [0.15, 0.2) is 30.3 Å². The summed E-state index contributed by atoms with van der Waals surface area (Å²) in [4.78, 5) is 38.5. The van der Waals surface area contributed by atoms with Crippen molar-refractivity contribution in [2.24, 2.45) is 5.92 Å². The van der Waals surface area contributed by atoms with Crippen LogP contribution >= 0.6 is 0 Å². The second kappa shape index (κ2) is 8.88. The number of amides is 2. The highest BCUT2D eigenvalue weighted by Gasteiger charge is 2.38. The summed E-state index contributed by atoms with van der Waals surface area (Å²) >= 11 is 0. The number of hydrogen-bond acceptors (Lipinski definition) is 5. The lowest BCUT2D eigenvalue weighted by Crippen LogP contribution is -2.51. The molecule has 1 aromatic carbocycles. The molecular formula is C20H26N2O5. The van der Waals surface area contributed by atoms with Crippen LogP contribution in [0.2, 0.25) is 0 Å². The van der Waals surface area contributed by atoms with Gasteiger partial charge >= 0.3 is 12.1 Å². The molecule has 1 aliphatic heterocycles. The standard InChI is InChI=1S/C20H26N2O5/c1-26-19(24)16(12-14-9-10-14)21-18(23)17-8-5-11-22(17)20(25)27-13-15-6-3-2-4-7-15/h2-4,6-7,14,16-17H,5,8-13H2,1H3,(H,21,23)/t16-,17-/m1/s1. The number of rotatable bonds is 7. The average Bonchev–Trinajstić information content (AvgIpc) is 3.37. The molecule has 27 heavy (non-hydrogen) atoms. The van der Waals surface area contributed by atoms with Gasteiger partial charge in [0.25, 0.3) is 0 Å². The van der Waals surface area contributed by atoms with E-state index in [1.165, 1.54) is 12.0 Å². The monoisotopic (exact) mass is 374 g/mol. The Morgan fingerprint density at radius 1 is 1.19 bits per heavy atom. The highest BCUT2D eigenvalue weighted by atomic mass is 16.6. The summed E-state index contributed by atoms with van der Waals surface area (Å²) in [7, 11) is 1.32. The molecule has 1 N–H and O–H groups in total. The van der Waals surface area contributed by atoms with Gasteiger partial charge in [0, 0.05) is 6.54 Å². The summed E-state index contributed by atoms with van der Waals surface area (Å²) < 4.78 is 10.2. The maximum absolute atomic E-state index is 12.7. The van der Waals surface area contributed by atoms with Crippen molar-refractivity contribution in [1.29, 1.82) is 0 Å². The van der Waals surface area contributed by atoms with E-state index in [1.807, 2.05) is 30.3 Å². The van der Waals surface area contributed by atoms with Crippen molar-refractivity contribution in [1.82, 2.24) is 10.2 Å². The van der Waals surface area contributed by atoms with E-state index in [2.05, 4.69) is 5.32 Å². The van der Waals surface area contributed by atoms with Gasteiger partial charge in [-0.3, -0.25) is 9.69 Å². The van der Waals surface area contributed by atoms with E-state index >= 15 is 0 Å². The molecule has 0 bridgehead atoms. The van der Waals surface area contributed by atoms with Gasteiger partial charge in [0.15, 0.2) is 0 Å². The Hall–Kier alpha value is -2.57. The normalized spacial score (nSPS) is 20.0. The molecule has 2 fully saturated rings. The Labute approximate surface area is 159 Å². The number of esters is 1. The van der Waals surface area contributed by atoms with Gasteiger partial charge in [-0.25, -0.2) is 9.59 Å². The van der Waals surface area contributed by atoms with Crippen molar-refractivity contribution in [3.05, 3.63) is 35.9 Å². The number of carbonyl (C=O) groups is 3. The number of ether oxygens (including phenoxy) is 2. The SMILES string of the molecule is COC(=O)[C@@H](CC1CC1)NC(=O)[C@H]1CCCN1C(=O)OCc1ccccc1. The maximum atomic E-state index is 12.7. The van der Waals surface area contributed by atoms with Crippen LogP contribution in [0.3, 0.4) is 0 Å². The lowest BCUT2D eigenvalue weighted by atomic mass is 10.1. The van der Waals surface area contributed by atoms with Crippen molar-refractivity contribution in [3.8, 4) is 0 Å². The topological polar surface area (TPSA) is 84.9 Å². The van der Waals surface area contributed by atoms with Crippen LogP contribution in [-0.2, 0) is 25.7 Å². The lowest BCUT2D eigenvalue weighted by molar-refractivity contribution is -0.145. The first-order valence-corrected chi connectivity index (χ1v) is 9.44. The smallest absolute Gasteiger partial charge is 0.410 e. The molecule has 1 saturated heterocycles. The Morgan fingerprint density at radius 3 is 2.59 bits per heavy atom. The van der Waals surface area contributed by atoms with Crippen molar-refractivity contribution >= 4 is 18.0 Å². The minimum atomic E-state index is -0.655.